The van der Waals surface area contributed by atoms with Crippen LogP contribution < -0.4 is 10.6 Å². The van der Waals surface area contributed by atoms with E-state index in [1.54, 1.807) is 24.8 Å². The molecule has 7 rings (SSSR count). The quantitative estimate of drug-likeness (QED) is 0.138. The molecule has 0 radical (unpaired) electrons. The van der Waals surface area contributed by atoms with E-state index in [0.717, 1.165) is 50.4 Å². The minimum absolute atomic E-state index is 0.233. The van der Waals surface area contributed by atoms with E-state index in [9.17, 15) is 5.11 Å². The molecule has 3 N–H and O–H groups in total. The molecule has 0 spiro atoms. The third-order valence-electron chi connectivity index (χ3n) is 8.28. The van der Waals surface area contributed by atoms with Crippen molar-refractivity contribution in [1.82, 2.24) is 30.6 Å². The van der Waals surface area contributed by atoms with Crippen molar-refractivity contribution in [3.8, 4) is 16.9 Å². The molecule has 4 heterocycles. The summed E-state index contributed by atoms with van der Waals surface area (Å²) in [4.78, 5) is 18.5. The summed E-state index contributed by atoms with van der Waals surface area (Å²) >= 11 is 0. The molecule has 47 heavy (non-hydrogen) atoms. The Morgan fingerprint density at radius 3 is 1.30 bits per heavy atom. The number of rotatable bonds is 11. The Bertz CT molecular complexity index is 1870. The van der Waals surface area contributed by atoms with Crippen molar-refractivity contribution in [2.24, 2.45) is 0 Å². The summed E-state index contributed by atoms with van der Waals surface area (Å²) in [6.45, 7) is 0.782. The summed E-state index contributed by atoms with van der Waals surface area (Å²) in [7, 11) is 0. The number of pyridine rings is 4. The summed E-state index contributed by atoms with van der Waals surface area (Å²) < 4.78 is 0. The maximum atomic E-state index is 11.8. The number of aromatic nitrogens is 4. The Labute approximate surface area is 274 Å². The van der Waals surface area contributed by atoms with Gasteiger partial charge in [0.2, 0.25) is 0 Å². The number of fused-ring (bicyclic) bond motifs is 1. The lowest BCUT2D eigenvalue weighted by molar-refractivity contribution is 0.448. The number of benzene rings is 3. The highest BCUT2D eigenvalue weighted by molar-refractivity contribution is 5.87. The van der Waals surface area contributed by atoms with Gasteiger partial charge in [-0.05, 0) is 88.6 Å². The third kappa shape index (κ3) is 6.92. The number of hydrogen-bond acceptors (Lipinski definition) is 7. The number of hydrogen-bond donors (Lipinski definition) is 3. The van der Waals surface area contributed by atoms with Gasteiger partial charge in [-0.15, -0.1) is 0 Å². The van der Waals surface area contributed by atoms with Gasteiger partial charge in [0.15, 0.2) is 0 Å². The van der Waals surface area contributed by atoms with Crippen LogP contribution in [0.2, 0.25) is 0 Å². The van der Waals surface area contributed by atoms with E-state index in [-0.39, 0.29) is 17.8 Å². The predicted octanol–water partition coefficient (Wildman–Crippen LogP) is 7.55. The normalized spacial score (nSPS) is 11.4. The summed E-state index contributed by atoms with van der Waals surface area (Å²) in [5.74, 6) is 0.233. The Hall–Kier alpha value is -5.76. The molecule has 0 amide bonds. The van der Waals surface area contributed by atoms with E-state index < -0.39 is 0 Å². The standard InChI is InChI=1S/C40H34N6O/c47-40-32(26-45-38(34-13-3-7-19-41-34)35-14-4-8-20-42-35)24-31(30-18-17-28-11-1-2-12-29(28)23-30)25-33(40)27-46-39(36-15-5-9-21-43-36)37-16-6-10-22-44-37/h1-25,38-39,45-47H,26-27H2. The lowest BCUT2D eigenvalue weighted by atomic mass is 9.96. The lowest BCUT2D eigenvalue weighted by Gasteiger charge is -2.21. The van der Waals surface area contributed by atoms with E-state index >= 15 is 0 Å². The molecule has 0 aliphatic rings. The third-order valence-corrected chi connectivity index (χ3v) is 8.28. The molecule has 7 nitrogen and oxygen atoms in total. The average Bonchev–Trinajstić information content (AvgIpc) is 3.14. The van der Waals surface area contributed by atoms with Gasteiger partial charge in [0.25, 0.3) is 0 Å². The SMILES string of the molecule is Oc1c(CNC(c2ccccn2)c2ccccn2)cc(-c2ccc3ccccc3c2)cc1CNC(c1ccccn1)c1ccccn1. The molecule has 0 unspecified atom stereocenters. The van der Waals surface area contributed by atoms with Crippen LogP contribution in [-0.2, 0) is 13.1 Å². The van der Waals surface area contributed by atoms with Crippen molar-refractivity contribution in [3.63, 3.8) is 0 Å². The molecule has 4 aromatic heterocycles. The van der Waals surface area contributed by atoms with Gasteiger partial charge >= 0.3 is 0 Å². The Kier molecular flexibility index (Phi) is 8.99. The molecule has 0 fully saturated rings. The summed E-state index contributed by atoms with van der Waals surface area (Å²) in [6.07, 6.45) is 7.14. The van der Waals surface area contributed by atoms with Crippen LogP contribution in [-0.4, -0.2) is 25.0 Å². The first-order valence-electron chi connectivity index (χ1n) is 15.7. The van der Waals surface area contributed by atoms with Gasteiger partial charge < -0.3 is 5.11 Å². The van der Waals surface area contributed by atoms with Gasteiger partial charge in [0.1, 0.15) is 5.75 Å². The summed E-state index contributed by atoms with van der Waals surface area (Å²) in [5.41, 5.74) is 7.05. The first-order chi connectivity index (χ1) is 23.2. The van der Waals surface area contributed by atoms with Crippen LogP contribution >= 0.6 is 0 Å². The zero-order valence-electron chi connectivity index (χ0n) is 25.7. The number of nitrogens with zero attached hydrogens (tertiary/aromatic N) is 4. The van der Waals surface area contributed by atoms with Crippen LogP contribution in [0.5, 0.6) is 5.75 Å². The molecule has 0 atom stereocenters. The van der Waals surface area contributed by atoms with Crippen molar-refractivity contribution in [2.75, 3.05) is 0 Å². The van der Waals surface area contributed by atoms with Crippen LogP contribution in [0.25, 0.3) is 21.9 Å². The fraction of sp³-hybridized carbons (Fsp3) is 0.100. The average molecular weight is 615 g/mol. The molecular weight excluding hydrogens is 580 g/mol. The molecule has 0 saturated heterocycles. The lowest BCUT2D eigenvalue weighted by Crippen LogP contribution is -2.25. The molecule has 0 aliphatic heterocycles. The van der Waals surface area contributed by atoms with Crippen LogP contribution in [0.4, 0.5) is 0 Å². The van der Waals surface area contributed by atoms with E-state index in [1.165, 1.54) is 5.39 Å². The predicted molar refractivity (Wildman–Crippen MR) is 185 cm³/mol. The minimum atomic E-state index is -0.264. The van der Waals surface area contributed by atoms with Crippen LogP contribution in [0.15, 0.2) is 152 Å². The second-order valence-corrected chi connectivity index (χ2v) is 11.4. The van der Waals surface area contributed by atoms with Crippen LogP contribution in [0.1, 0.15) is 46.0 Å². The maximum Gasteiger partial charge on any atom is 0.124 e. The molecule has 230 valence electrons. The Balaban J connectivity index is 1.26. The minimum Gasteiger partial charge on any atom is -0.507 e. The van der Waals surface area contributed by atoms with Crippen LogP contribution in [0.3, 0.4) is 0 Å². The van der Waals surface area contributed by atoms with Crippen LogP contribution in [0, 0.1) is 0 Å². The van der Waals surface area contributed by atoms with E-state index in [0.29, 0.717) is 13.1 Å². The Morgan fingerprint density at radius 2 is 0.872 bits per heavy atom. The first-order valence-corrected chi connectivity index (χ1v) is 15.7. The fourth-order valence-electron chi connectivity index (χ4n) is 5.90. The van der Waals surface area contributed by atoms with Crippen molar-refractivity contribution in [1.29, 1.82) is 0 Å². The van der Waals surface area contributed by atoms with Gasteiger partial charge in [0.05, 0.1) is 34.9 Å². The van der Waals surface area contributed by atoms with Gasteiger partial charge in [-0.3, -0.25) is 30.6 Å². The van der Waals surface area contributed by atoms with Crippen molar-refractivity contribution >= 4 is 10.8 Å². The maximum absolute atomic E-state index is 11.8. The van der Waals surface area contributed by atoms with Gasteiger partial charge in [-0.25, -0.2) is 0 Å². The molecule has 7 heteroatoms. The molecule has 7 aromatic rings. The van der Waals surface area contributed by atoms with Crippen molar-refractivity contribution in [3.05, 3.63) is 186 Å². The van der Waals surface area contributed by atoms with Crippen molar-refractivity contribution < 1.29 is 5.11 Å². The smallest absolute Gasteiger partial charge is 0.124 e. The van der Waals surface area contributed by atoms with Gasteiger partial charge in [-0.1, -0.05) is 60.7 Å². The van der Waals surface area contributed by atoms with E-state index in [1.807, 2.05) is 72.8 Å². The molecule has 0 bridgehead atoms. The second kappa shape index (κ2) is 14.1. The number of phenolic OH excluding ortho intramolecular Hbond substituents is 1. The van der Waals surface area contributed by atoms with Gasteiger partial charge in [-0.2, -0.15) is 0 Å². The van der Waals surface area contributed by atoms with E-state index in [4.69, 9.17) is 0 Å². The number of nitrogens with one attached hydrogen (secondary N) is 2. The highest BCUT2D eigenvalue weighted by Crippen LogP contribution is 2.33. The summed E-state index contributed by atoms with van der Waals surface area (Å²) in [5, 5.41) is 21.4. The monoisotopic (exact) mass is 614 g/mol. The Morgan fingerprint density at radius 1 is 0.447 bits per heavy atom. The van der Waals surface area contributed by atoms with Gasteiger partial charge in [0, 0.05) is 49.0 Å². The highest BCUT2D eigenvalue weighted by atomic mass is 16.3. The number of phenols is 1. The molecule has 3 aromatic carbocycles. The van der Waals surface area contributed by atoms with E-state index in [2.05, 4.69) is 85.2 Å². The molecule has 0 aliphatic carbocycles. The topological polar surface area (TPSA) is 95.8 Å². The largest absolute Gasteiger partial charge is 0.507 e. The molecular formula is C40H34N6O. The molecule has 0 saturated carbocycles. The summed E-state index contributed by atoms with van der Waals surface area (Å²) in [6, 6.07) is 41.9. The number of aromatic hydroxyl groups is 1. The zero-order chi connectivity index (χ0) is 31.8. The fourth-order valence-corrected chi connectivity index (χ4v) is 5.90. The second-order valence-electron chi connectivity index (χ2n) is 11.4. The first kappa shape index (κ1) is 29.9. The highest BCUT2D eigenvalue weighted by Gasteiger charge is 2.21. The van der Waals surface area contributed by atoms with Crippen molar-refractivity contribution in [2.45, 2.75) is 25.2 Å². The zero-order valence-corrected chi connectivity index (χ0v) is 25.7.